The van der Waals surface area contributed by atoms with Gasteiger partial charge in [-0.15, -0.1) is 6.58 Å². The molecule has 1 heteroatoms. The van der Waals surface area contributed by atoms with Crippen molar-refractivity contribution in [3.8, 4) is 6.07 Å². The van der Waals surface area contributed by atoms with Gasteiger partial charge in [0, 0.05) is 6.42 Å². The molecule has 0 aliphatic rings. The molecular weight excluding hydrogens is 110 g/mol. The molecule has 0 N–H and O–H groups in total. The molecule has 0 heterocycles. The number of allylic oxidation sites excluding steroid dienone is 1. The summed E-state index contributed by atoms with van der Waals surface area (Å²) in [5, 5.41) is 8.26. The zero-order chi connectivity index (χ0) is 7.11. The molecule has 9 heavy (non-hydrogen) atoms. The first kappa shape index (κ1) is 8.23. The minimum Gasteiger partial charge on any atom is -0.198 e. The van der Waals surface area contributed by atoms with Gasteiger partial charge in [-0.3, -0.25) is 0 Å². The molecule has 0 aromatic heterocycles. The van der Waals surface area contributed by atoms with Crippen LogP contribution >= 0.6 is 0 Å². The number of hydrogen-bond donors (Lipinski definition) is 0. The Morgan fingerprint density at radius 1 is 1.78 bits per heavy atom. The van der Waals surface area contributed by atoms with Crippen molar-refractivity contribution in [1.29, 1.82) is 5.26 Å². The van der Waals surface area contributed by atoms with Crippen LogP contribution in [-0.2, 0) is 0 Å². The van der Waals surface area contributed by atoms with Gasteiger partial charge in [0.05, 0.1) is 6.07 Å². The SMILES string of the molecule is C=CCC[C@H](C)CC#N. The van der Waals surface area contributed by atoms with Gasteiger partial charge < -0.3 is 0 Å². The van der Waals surface area contributed by atoms with E-state index in [1.165, 1.54) is 0 Å². The zero-order valence-electron chi connectivity index (χ0n) is 5.93. The maximum absolute atomic E-state index is 8.26. The van der Waals surface area contributed by atoms with E-state index in [0.29, 0.717) is 12.3 Å². The molecule has 0 saturated heterocycles. The van der Waals surface area contributed by atoms with Gasteiger partial charge in [-0.1, -0.05) is 13.0 Å². The summed E-state index contributed by atoms with van der Waals surface area (Å²) < 4.78 is 0. The predicted octanol–water partition coefficient (Wildman–Crippen LogP) is 2.50. The Labute approximate surface area is 57.0 Å². The van der Waals surface area contributed by atoms with E-state index in [1.807, 2.05) is 6.08 Å². The molecule has 0 fully saturated rings. The normalized spacial score (nSPS) is 12.0. The molecule has 0 unspecified atom stereocenters. The number of hydrogen-bond acceptors (Lipinski definition) is 1. The Morgan fingerprint density at radius 2 is 2.44 bits per heavy atom. The van der Waals surface area contributed by atoms with Gasteiger partial charge in [-0.2, -0.15) is 5.26 Å². The van der Waals surface area contributed by atoms with Crippen molar-refractivity contribution < 1.29 is 0 Å². The molecular formula is C8H13N. The highest BCUT2D eigenvalue weighted by molar-refractivity contribution is 4.75. The molecule has 1 atom stereocenters. The second-order valence-corrected chi connectivity index (χ2v) is 2.33. The number of nitriles is 1. The third-order valence-corrected chi connectivity index (χ3v) is 1.30. The summed E-state index contributed by atoms with van der Waals surface area (Å²) in [5.74, 6) is 0.535. The monoisotopic (exact) mass is 123 g/mol. The third kappa shape index (κ3) is 5.10. The van der Waals surface area contributed by atoms with Crippen LogP contribution in [0.25, 0.3) is 0 Å². The van der Waals surface area contributed by atoms with E-state index in [2.05, 4.69) is 19.6 Å². The Kier molecular flexibility index (Phi) is 4.91. The second kappa shape index (κ2) is 5.37. The van der Waals surface area contributed by atoms with Crippen LogP contribution in [0.5, 0.6) is 0 Å². The Balaban J connectivity index is 3.17. The summed E-state index contributed by atoms with van der Waals surface area (Å²) in [6, 6.07) is 2.14. The van der Waals surface area contributed by atoms with Crippen molar-refractivity contribution in [2.75, 3.05) is 0 Å². The average molecular weight is 123 g/mol. The molecule has 0 bridgehead atoms. The molecule has 0 rings (SSSR count). The van der Waals surface area contributed by atoms with Crippen LogP contribution in [-0.4, -0.2) is 0 Å². The molecule has 0 spiro atoms. The smallest absolute Gasteiger partial charge is 0.0624 e. The Bertz CT molecular complexity index is 110. The minimum atomic E-state index is 0.535. The molecule has 0 aromatic carbocycles. The first-order valence-corrected chi connectivity index (χ1v) is 3.29. The summed E-state index contributed by atoms with van der Waals surface area (Å²) in [6.45, 7) is 5.70. The third-order valence-electron chi connectivity index (χ3n) is 1.30. The van der Waals surface area contributed by atoms with E-state index in [9.17, 15) is 0 Å². The first-order chi connectivity index (χ1) is 4.31. The van der Waals surface area contributed by atoms with E-state index in [1.54, 1.807) is 0 Å². The van der Waals surface area contributed by atoms with Crippen LogP contribution in [0, 0.1) is 17.2 Å². The largest absolute Gasteiger partial charge is 0.198 e. The minimum absolute atomic E-state index is 0.535. The lowest BCUT2D eigenvalue weighted by Crippen LogP contribution is -1.90. The van der Waals surface area contributed by atoms with Gasteiger partial charge in [0.25, 0.3) is 0 Å². The van der Waals surface area contributed by atoms with Gasteiger partial charge in [0.2, 0.25) is 0 Å². The van der Waals surface area contributed by atoms with E-state index in [0.717, 1.165) is 12.8 Å². The van der Waals surface area contributed by atoms with Gasteiger partial charge in [0.15, 0.2) is 0 Å². The molecule has 0 saturated carbocycles. The van der Waals surface area contributed by atoms with Crippen LogP contribution in [0.1, 0.15) is 26.2 Å². The van der Waals surface area contributed by atoms with Gasteiger partial charge in [-0.05, 0) is 18.8 Å². The highest BCUT2D eigenvalue weighted by atomic mass is 14.2. The number of rotatable bonds is 4. The van der Waals surface area contributed by atoms with Gasteiger partial charge in [0.1, 0.15) is 0 Å². The van der Waals surface area contributed by atoms with Crippen molar-refractivity contribution in [3.63, 3.8) is 0 Å². The maximum Gasteiger partial charge on any atom is 0.0624 e. The van der Waals surface area contributed by atoms with Crippen molar-refractivity contribution >= 4 is 0 Å². The first-order valence-electron chi connectivity index (χ1n) is 3.29. The predicted molar refractivity (Wildman–Crippen MR) is 38.8 cm³/mol. The molecule has 0 radical (unpaired) electrons. The molecule has 50 valence electrons. The molecule has 0 aliphatic heterocycles. The molecule has 0 aromatic rings. The fraction of sp³-hybridized carbons (Fsp3) is 0.625. The van der Waals surface area contributed by atoms with Crippen molar-refractivity contribution in [2.45, 2.75) is 26.2 Å². The number of nitrogens with zero attached hydrogens (tertiary/aromatic N) is 1. The lowest BCUT2D eigenvalue weighted by atomic mass is 10.0. The van der Waals surface area contributed by atoms with E-state index in [4.69, 9.17) is 5.26 Å². The second-order valence-electron chi connectivity index (χ2n) is 2.33. The van der Waals surface area contributed by atoms with Crippen molar-refractivity contribution in [3.05, 3.63) is 12.7 Å². The van der Waals surface area contributed by atoms with E-state index >= 15 is 0 Å². The summed E-state index contributed by atoms with van der Waals surface area (Å²) in [4.78, 5) is 0. The summed E-state index contributed by atoms with van der Waals surface area (Å²) in [6.07, 6.45) is 4.70. The Morgan fingerprint density at radius 3 is 2.89 bits per heavy atom. The fourth-order valence-corrected chi connectivity index (χ4v) is 0.660. The summed E-state index contributed by atoms with van der Waals surface area (Å²) in [5.41, 5.74) is 0. The standard InChI is InChI=1S/C8H13N/c1-3-4-5-8(2)6-7-9/h3,8H,1,4-6H2,2H3/t8-/m0/s1. The molecule has 1 nitrogen and oxygen atoms in total. The van der Waals surface area contributed by atoms with Crippen molar-refractivity contribution in [1.82, 2.24) is 0 Å². The van der Waals surface area contributed by atoms with Gasteiger partial charge >= 0.3 is 0 Å². The lowest BCUT2D eigenvalue weighted by molar-refractivity contribution is 0.552. The molecule has 0 aliphatic carbocycles. The van der Waals surface area contributed by atoms with E-state index < -0.39 is 0 Å². The van der Waals surface area contributed by atoms with Crippen LogP contribution in [0.3, 0.4) is 0 Å². The highest BCUT2D eigenvalue weighted by Gasteiger charge is 1.97. The average Bonchev–Trinajstić information content (AvgIpc) is 1.85. The highest BCUT2D eigenvalue weighted by Crippen LogP contribution is 2.08. The van der Waals surface area contributed by atoms with Crippen LogP contribution in [0.15, 0.2) is 12.7 Å². The lowest BCUT2D eigenvalue weighted by Gasteiger charge is -2.01. The van der Waals surface area contributed by atoms with Gasteiger partial charge in [-0.25, -0.2) is 0 Å². The van der Waals surface area contributed by atoms with E-state index in [-0.39, 0.29) is 0 Å². The maximum atomic E-state index is 8.26. The quantitative estimate of drug-likeness (QED) is 0.527. The topological polar surface area (TPSA) is 23.8 Å². The van der Waals surface area contributed by atoms with Crippen LogP contribution < -0.4 is 0 Å². The summed E-state index contributed by atoms with van der Waals surface area (Å²) >= 11 is 0. The zero-order valence-corrected chi connectivity index (χ0v) is 5.93. The van der Waals surface area contributed by atoms with Crippen LogP contribution in [0.2, 0.25) is 0 Å². The summed E-state index contributed by atoms with van der Waals surface area (Å²) in [7, 11) is 0. The van der Waals surface area contributed by atoms with Crippen LogP contribution in [0.4, 0.5) is 0 Å². The molecule has 0 amide bonds. The fourth-order valence-electron chi connectivity index (χ4n) is 0.660. The Hall–Kier alpha value is -0.770. The van der Waals surface area contributed by atoms with Crippen molar-refractivity contribution in [2.24, 2.45) is 5.92 Å².